The van der Waals surface area contributed by atoms with Gasteiger partial charge in [-0.25, -0.2) is 0 Å². The molecule has 0 saturated carbocycles. The van der Waals surface area contributed by atoms with Crippen LogP contribution in [-0.4, -0.2) is 0 Å². The van der Waals surface area contributed by atoms with Crippen molar-refractivity contribution in [3.8, 4) is 0 Å². The van der Waals surface area contributed by atoms with E-state index in [2.05, 4.69) is 15.9 Å². The van der Waals surface area contributed by atoms with Crippen molar-refractivity contribution in [1.29, 1.82) is 0 Å². The minimum atomic E-state index is -0.316. The Hall–Kier alpha value is -0.250. The molecule has 0 aliphatic heterocycles. The number of nitrogens with two attached hydrogens (primary N) is 1. The van der Waals surface area contributed by atoms with Gasteiger partial charge in [-0.15, -0.1) is 0 Å². The van der Waals surface area contributed by atoms with Crippen LogP contribution in [0.15, 0.2) is 40.9 Å². The highest BCUT2D eigenvalue weighted by Gasteiger charge is 2.13. The summed E-state index contributed by atoms with van der Waals surface area (Å²) in [4.78, 5) is 0. The molecule has 0 bridgehead atoms. The Morgan fingerprint density at radius 3 is 2.28 bits per heavy atom. The zero-order valence-electron chi connectivity index (χ0n) is 9.13. The molecule has 2 rings (SSSR count). The van der Waals surface area contributed by atoms with Crippen LogP contribution in [0.5, 0.6) is 0 Å². The van der Waals surface area contributed by atoms with Crippen molar-refractivity contribution in [2.24, 2.45) is 5.73 Å². The summed E-state index contributed by atoms with van der Waals surface area (Å²) >= 11 is 21.3. The molecule has 0 aliphatic carbocycles. The number of rotatable bonds is 2. The second kappa shape index (κ2) is 5.81. The molecule has 2 aromatic carbocycles. The Kier molecular flexibility index (Phi) is 4.57. The van der Waals surface area contributed by atoms with Gasteiger partial charge < -0.3 is 5.73 Å². The van der Waals surface area contributed by atoms with Gasteiger partial charge in [0.25, 0.3) is 0 Å². The number of hydrogen-bond donors (Lipinski definition) is 1. The van der Waals surface area contributed by atoms with Gasteiger partial charge in [-0.2, -0.15) is 0 Å². The number of halogens is 4. The normalized spacial score (nSPS) is 12.5. The predicted octanol–water partition coefficient (Wildman–Crippen LogP) is 5.46. The van der Waals surface area contributed by atoms with Crippen LogP contribution in [0.2, 0.25) is 15.1 Å². The highest BCUT2D eigenvalue weighted by atomic mass is 79.9. The van der Waals surface area contributed by atoms with Crippen molar-refractivity contribution in [1.82, 2.24) is 0 Å². The summed E-state index contributed by atoms with van der Waals surface area (Å²) < 4.78 is 0.808. The van der Waals surface area contributed by atoms with Crippen molar-refractivity contribution in [3.63, 3.8) is 0 Å². The Morgan fingerprint density at radius 2 is 1.67 bits per heavy atom. The van der Waals surface area contributed by atoms with E-state index in [9.17, 15) is 0 Å². The van der Waals surface area contributed by atoms with Crippen molar-refractivity contribution >= 4 is 50.7 Å². The van der Waals surface area contributed by atoms with Gasteiger partial charge in [-0.3, -0.25) is 0 Å². The molecule has 5 heteroatoms. The van der Waals surface area contributed by atoms with Crippen molar-refractivity contribution in [3.05, 3.63) is 67.1 Å². The van der Waals surface area contributed by atoms with E-state index in [1.54, 1.807) is 18.2 Å². The Morgan fingerprint density at radius 1 is 0.944 bits per heavy atom. The van der Waals surface area contributed by atoms with Crippen LogP contribution >= 0.6 is 50.7 Å². The molecular weight excluding hydrogens is 356 g/mol. The van der Waals surface area contributed by atoms with Gasteiger partial charge in [-0.05, 0) is 51.3 Å². The predicted molar refractivity (Wildman–Crippen MR) is 81.6 cm³/mol. The van der Waals surface area contributed by atoms with E-state index in [1.807, 2.05) is 18.2 Å². The average molecular weight is 365 g/mol. The molecule has 1 atom stereocenters. The zero-order valence-corrected chi connectivity index (χ0v) is 13.0. The van der Waals surface area contributed by atoms with Crippen molar-refractivity contribution in [2.75, 3.05) is 0 Å². The minimum Gasteiger partial charge on any atom is -0.320 e. The fourth-order valence-electron chi connectivity index (χ4n) is 1.64. The molecule has 18 heavy (non-hydrogen) atoms. The molecule has 1 nitrogen and oxygen atoms in total. The maximum atomic E-state index is 6.19. The first-order valence-electron chi connectivity index (χ1n) is 5.14. The minimum absolute atomic E-state index is 0.316. The van der Waals surface area contributed by atoms with Crippen LogP contribution in [0.3, 0.4) is 0 Å². The summed E-state index contributed by atoms with van der Waals surface area (Å²) in [5, 5.41) is 1.79. The molecule has 94 valence electrons. The van der Waals surface area contributed by atoms with Gasteiger partial charge in [0.1, 0.15) is 0 Å². The fourth-order valence-corrected chi connectivity index (χ4v) is 2.68. The van der Waals surface area contributed by atoms with Gasteiger partial charge in [0.15, 0.2) is 0 Å². The largest absolute Gasteiger partial charge is 0.320 e. The van der Waals surface area contributed by atoms with E-state index in [0.717, 1.165) is 15.6 Å². The molecule has 2 N–H and O–H groups in total. The van der Waals surface area contributed by atoms with E-state index in [1.165, 1.54) is 0 Å². The lowest BCUT2D eigenvalue weighted by Gasteiger charge is -2.15. The summed E-state index contributed by atoms with van der Waals surface area (Å²) in [7, 11) is 0. The second-order valence-corrected chi connectivity index (χ2v) is 5.92. The zero-order chi connectivity index (χ0) is 13.3. The van der Waals surface area contributed by atoms with E-state index in [4.69, 9.17) is 40.5 Å². The average Bonchev–Trinajstić information content (AvgIpc) is 2.32. The maximum Gasteiger partial charge on any atom is 0.0566 e. The first-order chi connectivity index (χ1) is 8.49. The number of benzene rings is 2. The fraction of sp³-hybridized carbons (Fsp3) is 0.0769. The smallest absolute Gasteiger partial charge is 0.0566 e. The van der Waals surface area contributed by atoms with E-state index in [0.29, 0.717) is 15.1 Å². The van der Waals surface area contributed by atoms with E-state index < -0.39 is 0 Å². The maximum absolute atomic E-state index is 6.19. The highest BCUT2D eigenvalue weighted by molar-refractivity contribution is 9.10. The van der Waals surface area contributed by atoms with Gasteiger partial charge >= 0.3 is 0 Å². The van der Waals surface area contributed by atoms with Crippen LogP contribution in [-0.2, 0) is 0 Å². The van der Waals surface area contributed by atoms with Gasteiger partial charge in [0.2, 0.25) is 0 Å². The molecule has 0 saturated heterocycles. The molecule has 0 radical (unpaired) electrons. The van der Waals surface area contributed by atoms with Crippen LogP contribution in [0.4, 0.5) is 0 Å². The molecule has 0 fully saturated rings. The molecule has 0 spiro atoms. The Bertz CT molecular complexity index is 586. The van der Waals surface area contributed by atoms with Gasteiger partial charge in [-0.1, -0.05) is 46.9 Å². The third kappa shape index (κ3) is 3.01. The topological polar surface area (TPSA) is 26.0 Å². The number of hydrogen-bond acceptors (Lipinski definition) is 1. The summed E-state index contributed by atoms with van der Waals surface area (Å²) in [5.41, 5.74) is 7.95. The Labute approximate surface area is 129 Å². The molecule has 2 aromatic rings. The lowest BCUT2D eigenvalue weighted by molar-refractivity contribution is 0.871. The highest BCUT2D eigenvalue weighted by Crippen LogP contribution is 2.31. The SMILES string of the molecule is NC(c1ccc(Cl)c(Br)c1)c1ccc(Cl)cc1Cl. The summed E-state index contributed by atoms with van der Waals surface area (Å²) in [6.07, 6.45) is 0. The standard InChI is InChI=1S/C13H9BrCl3N/c14-10-5-7(1-4-11(10)16)13(18)9-3-2-8(15)6-12(9)17/h1-6,13H,18H2. The van der Waals surface area contributed by atoms with Gasteiger partial charge in [0.05, 0.1) is 11.1 Å². The summed E-state index contributed by atoms with van der Waals surface area (Å²) in [6.45, 7) is 0. The lowest BCUT2D eigenvalue weighted by Crippen LogP contribution is -2.12. The molecule has 0 heterocycles. The van der Waals surface area contributed by atoms with Crippen LogP contribution in [0.1, 0.15) is 17.2 Å². The summed E-state index contributed by atoms with van der Waals surface area (Å²) in [6, 6.07) is 10.5. The Balaban J connectivity index is 2.41. The van der Waals surface area contributed by atoms with E-state index in [-0.39, 0.29) is 6.04 Å². The third-order valence-corrected chi connectivity index (χ3v) is 4.38. The summed E-state index contributed by atoms with van der Waals surface area (Å²) in [5.74, 6) is 0. The third-order valence-electron chi connectivity index (χ3n) is 2.60. The van der Waals surface area contributed by atoms with Gasteiger partial charge in [0, 0.05) is 14.5 Å². The van der Waals surface area contributed by atoms with Crippen LogP contribution in [0.25, 0.3) is 0 Å². The molecule has 0 amide bonds. The lowest BCUT2D eigenvalue weighted by atomic mass is 10.00. The molecular formula is C13H9BrCl3N. The molecule has 0 aromatic heterocycles. The second-order valence-electron chi connectivity index (χ2n) is 3.82. The van der Waals surface area contributed by atoms with Crippen molar-refractivity contribution in [2.45, 2.75) is 6.04 Å². The molecule has 1 unspecified atom stereocenters. The van der Waals surface area contributed by atoms with Crippen LogP contribution in [0, 0.1) is 0 Å². The van der Waals surface area contributed by atoms with Crippen molar-refractivity contribution < 1.29 is 0 Å². The monoisotopic (exact) mass is 363 g/mol. The quantitative estimate of drug-likeness (QED) is 0.752. The first kappa shape index (κ1) is 14.2. The first-order valence-corrected chi connectivity index (χ1v) is 7.07. The van der Waals surface area contributed by atoms with Crippen LogP contribution < -0.4 is 5.73 Å². The van der Waals surface area contributed by atoms with E-state index >= 15 is 0 Å². The molecule has 0 aliphatic rings.